The molecule has 0 unspecified atom stereocenters. The van der Waals surface area contributed by atoms with E-state index in [1.54, 1.807) is 43.8 Å². The van der Waals surface area contributed by atoms with E-state index in [-0.39, 0.29) is 23.7 Å². The minimum atomic E-state index is -4.58. The van der Waals surface area contributed by atoms with Crippen LogP contribution in [0.5, 0.6) is 5.75 Å². The quantitative estimate of drug-likeness (QED) is 0.278. The zero-order chi connectivity index (χ0) is 30.4. The highest BCUT2D eigenvalue weighted by Gasteiger charge is 2.31. The second-order valence-electron chi connectivity index (χ2n) is 9.95. The van der Waals surface area contributed by atoms with Crippen LogP contribution in [0.3, 0.4) is 0 Å². The molecule has 2 N–H and O–H groups in total. The molecule has 0 radical (unpaired) electrons. The minimum Gasteiger partial charge on any atom is -0.495 e. The highest BCUT2D eigenvalue weighted by Crippen LogP contribution is 2.32. The Labute approximate surface area is 247 Å². The Morgan fingerprint density at radius 3 is 2.30 bits per heavy atom. The van der Waals surface area contributed by atoms with Crippen LogP contribution >= 0.6 is 0 Å². The van der Waals surface area contributed by atoms with Crippen LogP contribution in [0.15, 0.2) is 91.3 Å². The molecule has 1 aliphatic heterocycles. The predicted octanol–water partition coefficient (Wildman–Crippen LogP) is 5.62. The molecule has 222 valence electrons. The van der Waals surface area contributed by atoms with Crippen molar-refractivity contribution in [1.82, 2.24) is 10.3 Å². The summed E-state index contributed by atoms with van der Waals surface area (Å²) in [6.07, 6.45) is -1.28. The third kappa shape index (κ3) is 7.06. The number of pyridine rings is 1. The highest BCUT2D eigenvalue weighted by molar-refractivity contribution is 6.06. The van der Waals surface area contributed by atoms with Crippen LogP contribution in [-0.4, -0.2) is 50.1 Å². The van der Waals surface area contributed by atoms with Gasteiger partial charge in [-0.05, 0) is 60.2 Å². The fourth-order valence-corrected chi connectivity index (χ4v) is 4.97. The molecule has 0 bridgehead atoms. The van der Waals surface area contributed by atoms with Gasteiger partial charge in [0.1, 0.15) is 5.75 Å². The number of aromatic nitrogens is 1. The minimum absolute atomic E-state index is 0.144. The van der Waals surface area contributed by atoms with Crippen LogP contribution in [0, 0.1) is 0 Å². The van der Waals surface area contributed by atoms with Crippen molar-refractivity contribution in [3.8, 4) is 5.75 Å². The average Bonchev–Trinajstić information content (AvgIpc) is 3.04. The average molecular weight is 590 g/mol. The van der Waals surface area contributed by atoms with Crippen molar-refractivity contribution in [3.63, 3.8) is 0 Å². The number of halogens is 3. The highest BCUT2D eigenvalue weighted by atomic mass is 19.4. The smallest absolute Gasteiger partial charge is 0.416 e. The number of nitrogens with one attached hydrogen (secondary N) is 2. The van der Waals surface area contributed by atoms with E-state index in [4.69, 9.17) is 4.74 Å². The molecule has 0 atom stereocenters. The summed E-state index contributed by atoms with van der Waals surface area (Å²) in [6, 6.07) is 20.6. The molecule has 8 nitrogen and oxygen atoms in total. The fourth-order valence-electron chi connectivity index (χ4n) is 4.97. The topological polar surface area (TPSA) is 86.8 Å². The molecule has 0 aliphatic carbocycles. The van der Waals surface area contributed by atoms with Crippen molar-refractivity contribution in [2.75, 3.05) is 48.4 Å². The molecule has 11 heteroatoms. The molecule has 43 heavy (non-hydrogen) atoms. The normalized spacial score (nSPS) is 13.4. The van der Waals surface area contributed by atoms with E-state index in [0.29, 0.717) is 37.4 Å². The van der Waals surface area contributed by atoms with E-state index in [2.05, 4.69) is 25.4 Å². The number of ether oxygens (including phenoxy) is 1. The maximum absolute atomic E-state index is 13.5. The van der Waals surface area contributed by atoms with Crippen LogP contribution in [-0.2, 0) is 12.7 Å². The van der Waals surface area contributed by atoms with Crippen LogP contribution in [0.1, 0.15) is 31.8 Å². The van der Waals surface area contributed by atoms with Crippen LogP contribution < -0.4 is 25.2 Å². The predicted molar refractivity (Wildman–Crippen MR) is 159 cm³/mol. The monoisotopic (exact) mass is 589 g/mol. The maximum atomic E-state index is 13.5. The first-order valence-electron chi connectivity index (χ1n) is 13.7. The number of benzene rings is 3. The molecule has 5 rings (SSSR count). The Kier molecular flexibility index (Phi) is 8.79. The summed E-state index contributed by atoms with van der Waals surface area (Å²) in [5.74, 6) is -0.292. The molecule has 0 spiro atoms. The molecule has 2 amide bonds. The van der Waals surface area contributed by atoms with Gasteiger partial charge >= 0.3 is 6.18 Å². The van der Waals surface area contributed by atoms with Gasteiger partial charge in [0, 0.05) is 62.1 Å². The molecular formula is C32H30F3N5O3. The van der Waals surface area contributed by atoms with Crippen molar-refractivity contribution in [2.24, 2.45) is 0 Å². The zero-order valence-corrected chi connectivity index (χ0v) is 23.4. The van der Waals surface area contributed by atoms with E-state index in [1.807, 2.05) is 30.3 Å². The number of alkyl halides is 3. The number of hydrogen-bond acceptors (Lipinski definition) is 6. The lowest BCUT2D eigenvalue weighted by atomic mass is 10.1. The summed E-state index contributed by atoms with van der Waals surface area (Å²) in [7, 11) is 1.64. The number of para-hydroxylation sites is 2. The van der Waals surface area contributed by atoms with Gasteiger partial charge in [0.05, 0.1) is 23.9 Å². The van der Waals surface area contributed by atoms with Crippen molar-refractivity contribution in [2.45, 2.75) is 12.7 Å². The van der Waals surface area contributed by atoms with E-state index in [0.717, 1.165) is 29.1 Å². The molecule has 1 aliphatic rings. The summed E-state index contributed by atoms with van der Waals surface area (Å²) in [5.41, 5.74) is 2.04. The number of piperazine rings is 1. The molecule has 2 heterocycles. The second-order valence-corrected chi connectivity index (χ2v) is 9.95. The molecule has 0 saturated carbocycles. The Balaban J connectivity index is 1.37. The van der Waals surface area contributed by atoms with E-state index >= 15 is 0 Å². The van der Waals surface area contributed by atoms with E-state index in [1.165, 1.54) is 12.1 Å². The number of nitrogens with zero attached hydrogens (tertiary/aromatic N) is 3. The zero-order valence-electron chi connectivity index (χ0n) is 23.4. The standard InChI is InChI=1S/C32H30F3N5O3/c1-43-29-10-3-2-9-28(29)40-16-14-39(15-17-40)27-12-11-25(19-26(27)31(42)37-21-22-6-5-13-36-20-22)38-30(41)23-7-4-8-24(18-23)32(33,34)35/h2-13,18-20H,14-17,21H2,1H3,(H,37,42)(H,38,41). The van der Waals surface area contributed by atoms with Gasteiger partial charge in [0.25, 0.3) is 11.8 Å². The number of amides is 2. The molecule has 3 aromatic carbocycles. The van der Waals surface area contributed by atoms with Gasteiger partial charge in [-0.15, -0.1) is 0 Å². The van der Waals surface area contributed by atoms with Gasteiger partial charge in [0.2, 0.25) is 0 Å². The fraction of sp³-hybridized carbons (Fsp3) is 0.219. The largest absolute Gasteiger partial charge is 0.495 e. The molecule has 1 saturated heterocycles. The van der Waals surface area contributed by atoms with Crippen molar-refractivity contribution >= 4 is 28.9 Å². The van der Waals surface area contributed by atoms with E-state index in [9.17, 15) is 22.8 Å². The van der Waals surface area contributed by atoms with E-state index < -0.39 is 17.6 Å². The first-order valence-corrected chi connectivity index (χ1v) is 13.7. The van der Waals surface area contributed by atoms with Gasteiger partial charge in [0.15, 0.2) is 0 Å². The lowest BCUT2D eigenvalue weighted by molar-refractivity contribution is -0.137. The van der Waals surface area contributed by atoms with Crippen LogP contribution in [0.2, 0.25) is 0 Å². The summed E-state index contributed by atoms with van der Waals surface area (Å²) < 4.78 is 45.1. The van der Waals surface area contributed by atoms with Crippen LogP contribution in [0.25, 0.3) is 0 Å². The Hall–Kier alpha value is -5.06. The number of rotatable bonds is 8. The van der Waals surface area contributed by atoms with Crippen molar-refractivity contribution in [3.05, 3.63) is 114 Å². The second kappa shape index (κ2) is 12.8. The number of methoxy groups -OCH3 is 1. The number of carbonyl (C=O) groups is 2. The van der Waals surface area contributed by atoms with Gasteiger partial charge in [-0.25, -0.2) is 0 Å². The Morgan fingerprint density at radius 2 is 1.60 bits per heavy atom. The van der Waals surface area contributed by atoms with Gasteiger partial charge < -0.3 is 25.2 Å². The lowest BCUT2D eigenvalue weighted by Crippen LogP contribution is -2.47. The Bertz CT molecular complexity index is 1590. The molecule has 1 fully saturated rings. The number of hydrogen-bond donors (Lipinski definition) is 2. The lowest BCUT2D eigenvalue weighted by Gasteiger charge is -2.38. The summed E-state index contributed by atoms with van der Waals surface area (Å²) in [4.78, 5) is 34.8. The number of anilines is 3. The first kappa shape index (κ1) is 29.4. The Morgan fingerprint density at radius 1 is 0.860 bits per heavy atom. The maximum Gasteiger partial charge on any atom is 0.416 e. The molecule has 4 aromatic rings. The summed E-state index contributed by atoms with van der Waals surface area (Å²) in [5, 5.41) is 5.55. The molecular weight excluding hydrogens is 559 g/mol. The molecule has 1 aromatic heterocycles. The van der Waals surface area contributed by atoms with Gasteiger partial charge in [-0.3, -0.25) is 14.6 Å². The number of carbonyl (C=O) groups excluding carboxylic acids is 2. The van der Waals surface area contributed by atoms with Gasteiger partial charge in [-0.1, -0.05) is 24.3 Å². The van der Waals surface area contributed by atoms with Crippen LogP contribution in [0.4, 0.5) is 30.2 Å². The third-order valence-electron chi connectivity index (χ3n) is 7.17. The SMILES string of the molecule is COc1ccccc1N1CCN(c2ccc(NC(=O)c3cccc(C(F)(F)F)c3)cc2C(=O)NCc2cccnc2)CC1. The van der Waals surface area contributed by atoms with Gasteiger partial charge in [-0.2, -0.15) is 13.2 Å². The summed E-state index contributed by atoms with van der Waals surface area (Å²) in [6.45, 7) is 2.86. The van der Waals surface area contributed by atoms with Crippen molar-refractivity contribution in [1.29, 1.82) is 0 Å². The first-order chi connectivity index (χ1) is 20.7. The third-order valence-corrected chi connectivity index (χ3v) is 7.17. The summed E-state index contributed by atoms with van der Waals surface area (Å²) >= 11 is 0. The van der Waals surface area contributed by atoms with Crippen molar-refractivity contribution < 1.29 is 27.5 Å².